The number of hydrogen-bond acceptors (Lipinski definition) is 6. The van der Waals surface area contributed by atoms with Crippen LogP contribution in [0.4, 0.5) is 0 Å². The van der Waals surface area contributed by atoms with E-state index >= 15 is 0 Å². The van der Waals surface area contributed by atoms with E-state index in [-0.39, 0.29) is 19.3 Å². The van der Waals surface area contributed by atoms with Crippen molar-refractivity contribution in [2.45, 2.75) is 13.5 Å². The number of methoxy groups -OCH3 is 1. The minimum atomic E-state index is -0.583. The van der Waals surface area contributed by atoms with Crippen LogP contribution in [0.1, 0.15) is 18.1 Å². The van der Waals surface area contributed by atoms with Crippen LogP contribution in [0.5, 0.6) is 17.2 Å². The van der Waals surface area contributed by atoms with Crippen LogP contribution in [0.25, 0.3) is 6.08 Å². The summed E-state index contributed by atoms with van der Waals surface area (Å²) in [5.74, 6) is 1.20. The highest BCUT2D eigenvalue weighted by molar-refractivity contribution is 5.89. The van der Waals surface area contributed by atoms with Crippen LogP contribution in [-0.4, -0.2) is 43.8 Å². The summed E-state index contributed by atoms with van der Waals surface area (Å²) in [7, 11) is 1.58. The van der Waals surface area contributed by atoms with Gasteiger partial charge in [-0.2, -0.15) is 0 Å². The summed E-state index contributed by atoms with van der Waals surface area (Å²) < 4.78 is 20.9. The van der Waals surface area contributed by atoms with Gasteiger partial charge in [0, 0.05) is 19.2 Å². The van der Waals surface area contributed by atoms with Crippen molar-refractivity contribution < 1.29 is 28.5 Å². The predicted octanol–water partition coefficient (Wildman–Crippen LogP) is 3.03. The first-order valence-corrected chi connectivity index (χ1v) is 9.24. The molecule has 0 atom stereocenters. The van der Waals surface area contributed by atoms with Crippen LogP contribution in [0.3, 0.4) is 0 Å². The van der Waals surface area contributed by atoms with Gasteiger partial charge in [0.2, 0.25) is 6.79 Å². The molecule has 0 saturated heterocycles. The molecule has 1 heterocycles. The Labute approximate surface area is 169 Å². The number of esters is 1. The zero-order chi connectivity index (χ0) is 20.6. The first-order valence-electron chi connectivity index (χ1n) is 9.24. The second-order valence-electron chi connectivity index (χ2n) is 6.31. The van der Waals surface area contributed by atoms with E-state index in [1.807, 2.05) is 43.3 Å². The van der Waals surface area contributed by atoms with E-state index in [1.165, 1.54) is 6.08 Å². The maximum atomic E-state index is 12.4. The second kappa shape index (κ2) is 9.64. The molecule has 0 saturated carbocycles. The Morgan fingerprint density at radius 3 is 2.76 bits per heavy atom. The van der Waals surface area contributed by atoms with E-state index in [0.717, 1.165) is 11.1 Å². The van der Waals surface area contributed by atoms with E-state index in [9.17, 15) is 9.59 Å². The fraction of sp³-hybridized carbons (Fsp3) is 0.273. The number of carbonyl (C=O) groups excluding carboxylic acids is 2. The van der Waals surface area contributed by atoms with Crippen LogP contribution < -0.4 is 14.2 Å². The molecule has 0 aliphatic carbocycles. The summed E-state index contributed by atoms with van der Waals surface area (Å²) in [5, 5.41) is 0. The lowest BCUT2D eigenvalue weighted by molar-refractivity contribution is -0.148. The third kappa shape index (κ3) is 5.51. The van der Waals surface area contributed by atoms with Gasteiger partial charge >= 0.3 is 5.97 Å². The minimum absolute atomic E-state index is 0.203. The van der Waals surface area contributed by atoms with Gasteiger partial charge in [0.25, 0.3) is 5.91 Å². The van der Waals surface area contributed by atoms with Gasteiger partial charge in [-0.1, -0.05) is 18.2 Å². The monoisotopic (exact) mass is 397 g/mol. The predicted molar refractivity (Wildman–Crippen MR) is 107 cm³/mol. The standard InChI is InChI=1S/C22H23NO6/c1-3-23(13-17-7-9-19-20(12-17)29-15-28-19)21(24)14-27-22(25)10-8-16-5-4-6-18(11-16)26-2/h4-12H,3,13-15H2,1-2H3/b10-8+. The quantitative estimate of drug-likeness (QED) is 0.504. The van der Waals surface area contributed by atoms with Gasteiger partial charge < -0.3 is 23.8 Å². The smallest absolute Gasteiger partial charge is 0.331 e. The summed E-state index contributed by atoms with van der Waals surface area (Å²) in [4.78, 5) is 26.0. The maximum Gasteiger partial charge on any atom is 0.331 e. The Bertz CT molecular complexity index is 908. The Hall–Kier alpha value is -3.48. The van der Waals surface area contributed by atoms with Gasteiger partial charge in [-0.05, 0) is 48.4 Å². The first-order chi connectivity index (χ1) is 14.1. The number of hydrogen-bond donors (Lipinski definition) is 0. The van der Waals surface area contributed by atoms with Crippen LogP contribution in [0, 0.1) is 0 Å². The van der Waals surface area contributed by atoms with Gasteiger partial charge in [0.05, 0.1) is 7.11 Å². The Kier molecular flexibility index (Phi) is 6.73. The zero-order valence-electron chi connectivity index (χ0n) is 16.4. The minimum Gasteiger partial charge on any atom is -0.497 e. The van der Waals surface area contributed by atoms with Gasteiger partial charge in [0.1, 0.15) is 5.75 Å². The number of rotatable bonds is 8. The van der Waals surface area contributed by atoms with Crippen molar-refractivity contribution in [2.24, 2.45) is 0 Å². The third-order valence-corrected chi connectivity index (χ3v) is 4.39. The largest absolute Gasteiger partial charge is 0.497 e. The molecule has 2 aromatic carbocycles. The average molecular weight is 397 g/mol. The second-order valence-corrected chi connectivity index (χ2v) is 6.31. The highest BCUT2D eigenvalue weighted by Gasteiger charge is 2.17. The molecule has 3 rings (SSSR count). The Morgan fingerprint density at radius 1 is 1.14 bits per heavy atom. The van der Waals surface area contributed by atoms with Gasteiger partial charge in [-0.3, -0.25) is 4.79 Å². The summed E-state index contributed by atoms with van der Waals surface area (Å²) >= 11 is 0. The van der Waals surface area contributed by atoms with E-state index in [0.29, 0.717) is 30.3 Å². The average Bonchev–Trinajstić information content (AvgIpc) is 3.22. The molecule has 0 aromatic heterocycles. The molecule has 0 N–H and O–H groups in total. The summed E-state index contributed by atoms with van der Waals surface area (Å²) in [6, 6.07) is 12.8. The number of nitrogens with zero attached hydrogens (tertiary/aromatic N) is 1. The SMILES string of the molecule is CCN(Cc1ccc2c(c1)OCO2)C(=O)COC(=O)/C=C/c1cccc(OC)c1. The van der Waals surface area contributed by atoms with E-state index in [4.69, 9.17) is 18.9 Å². The molecule has 1 aliphatic rings. The van der Waals surface area contributed by atoms with Gasteiger partial charge in [-0.15, -0.1) is 0 Å². The Balaban J connectivity index is 1.51. The van der Waals surface area contributed by atoms with Crippen LogP contribution in [0.2, 0.25) is 0 Å². The summed E-state index contributed by atoms with van der Waals surface area (Å²) in [5.41, 5.74) is 1.71. The van der Waals surface area contributed by atoms with Crippen molar-refractivity contribution in [1.29, 1.82) is 0 Å². The first kappa shape index (κ1) is 20.3. The van der Waals surface area contributed by atoms with E-state index < -0.39 is 5.97 Å². The van der Waals surface area contributed by atoms with Crippen LogP contribution in [0.15, 0.2) is 48.5 Å². The number of ether oxygens (including phenoxy) is 4. The Morgan fingerprint density at radius 2 is 1.97 bits per heavy atom. The van der Waals surface area contributed by atoms with Gasteiger partial charge in [0.15, 0.2) is 18.1 Å². The molecule has 1 aliphatic heterocycles. The van der Waals surface area contributed by atoms with E-state index in [1.54, 1.807) is 24.2 Å². The van der Waals surface area contributed by atoms with Crippen molar-refractivity contribution in [3.63, 3.8) is 0 Å². The summed E-state index contributed by atoms with van der Waals surface area (Å²) in [6.45, 7) is 2.64. The topological polar surface area (TPSA) is 74.3 Å². The number of amides is 1. The molecule has 0 unspecified atom stereocenters. The van der Waals surface area contributed by atoms with Crippen LogP contribution in [-0.2, 0) is 20.9 Å². The normalized spacial score (nSPS) is 12.1. The van der Waals surface area contributed by atoms with Crippen molar-refractivity contribution in [3.05, 3.63) is 59.7 Å². The lowest BCUT2D eigenvalue weighted by atomic mass is 10.2. The number of benzene rings is 2. The van der Waals surface area contributed by atoms with Crippen molar-refractivity contribution in [3.8, 4) is 17.2 Å². The highest BCUT2D eigenvalue weighted by Crippen LogP contribution is 2.32. The maximum absolute atomic E-state index is 12.4. The lowest BCUT2D eigenvalue weighted by Gasteiger charge is -2.20. The molecule has 0 bridgehead atoms. The third-order valence-electron chi connectivity index (χ3n) is 4.39. The highest BCUT2D eigenvalue weighted by atomic mass is 16.7. The van der Waals surface area contributed by atoms with Crippen LogP contribution >= 0.6 is 0 Å². The fourth-order valence-corrected chi connectivity index (χ4v) is 2.82. The molecular formula is C22H23NO6. The molecule has 0 spiro atoms. The lowest BCUT2D eigenvalue weighted by Crippen LogP contribution is -2.33. The van der Waals surface area contributed by atoms with E-state index in [2.05, 4.69) is 0 Å². The van der Waals surface area contributed by atoms with Crippen molar-refractivity contribution in [1.82, 2.24) is 4.90 Å². The fourth-order valence-electron chi connectivity index (χ4n) is 2.82. The molecule has 29 heavy (non-hydrogen) atoms. The van der Waals surface area contributed by atoms with Gasteiger partial charge in [-0.25, -0.2) is 4.79 Å². The molecule has 0 radical (unpaired) electrons. The van der Waals surface area contributed by atoms with Crippen molar-refractivity contribution >= 4 is 18.0 Å². The summed E-state index contributed by atoms with van der Waals surface area (Å²) in [6.07, 6.45) is 2.90. The number of likely N-dealkylation sites (N-methyl/N-ethyl adjacent to an activating group) is 1. The molecule has 0 fully saturated rings. The molecular weight excluding hydrogens is 374 g/mol. The molecule has 7 heteroatoms. The number of fused-ring (bicyclic) bond motifs is 1. The zero-order valence-corrected chi connectivity index (χ0v) is 16.4. The molecule has 152 valence electrons. The molecule has 1 amide bonds. The number of carbonyl (C=O) groups is 2. The molecule has 2 aromatic rings. The molecule has 7 nitrogen and oxygen atoms in total. The van der Waals surface area contributed by atoms with Crippen molar-refractivity contribution in [2.75, 3.05) is 27.1 Å².